The largest absolute Gasteiger partial charge is 0.497 e. The molecule has 1 atom stereocenters. The number of quaternary nitrogens is 1. The Balaban J connectivity index is 1.55. The van der Waals surface area contributed by atoms with Crippen molar-refractivity contribution in [2.75, 3.05) is 33.9 Å². The van der Waals surface area contributed by atoms with Crippen LogP contribution in [-0.4, -0.2) is 44.6 Å². The van der Waals surface area contributed by atoms with Crippen molar-refractivity contribution < 1.29 is 19.1 Å². The summed E-state index contributed by atoms with van der Waals surface area (Å²) in [5.74, 6) is 2.55. The summed E-state index contributed by atoms with van der Waals surface area (Å²) in [5.41, 5.74) is 6.70. The van der Waals surface area contributed by atoms with Crippen molar-refractivity contribution in [3.05, 3.63) is 59.7 Å². The number of nitrogens with zero attached hydrogens (tertiary/aromatic N) is 1. The average Bonchev–Trinajstić information content (AvgIpc) is 3.26. The van der Waals surface area contributed by atoms with Gasteiger partial charge < -0.3 is 24.5 Å². The molecule has 2 aromatic carbocycles. The molecule has 0 aromatic heterocycles. The molecular formula is C24H30N3O3+. The Morgan fingerprint density at radius 3 is 2.53 bits per heavy atom. The van der Waals surface area contributed by atoms with Crippen molar-refractivity contribution in [2.45, 2.75) is 31.5 Å². The number of rotatable bonds is 4. The van der Waals surface area contributed by atoms with Crippen molar-refractivity contribution in [2.24, 2.45) is 0 Å². The van der Waals surface area contributed by atoms with Gasteiger partial charge in [0.2, 0.25) is 0 Å². The molecule has 158 valence electrons. The van der Waals surface area contributed by atoms with E-state index in [9.17, 15) is 0 Å². The van der Waals surface area contributed by atoms with Crippen LogP contribution in [0.15, 0.2) is 48.5 Å². The van der Waals surface area contributed by atoms with Crippen molar-refractivity contribution in [3.63, 3.8) is 0 Å². The third-order valence-electron chi connectivity index (χ3n) is 6.76. The fraction of sp³-hybridized carbons (Fsp3) is 0.417. The van der Waals surface area contributed by atoms with Crippen molar-refractivity contribution >= 4 is 5.70 Å². The van der Waals surface area contributed by atoms with Crippen LogP contribution in [0.25, 0.3) is 5.70 Å². The molecular weight excluding hydrogens is 378 g/mol. The van der Waals surface area contributed by atoms with Crippen LogP contribution in [0.5, 0.6) is 17.2 Å². The summed E-state index contributed by atoms with van der Waals surface area (Å²) >= 11 is 0. The molecule has 1 spiro atoms. The monoisotopic (exact) mass is 408 g/mol. The van der Waals surface area contributed by atoms with Gasteiger partial charge in [-0.15, -0.1) is 0 Å². The number of benzene rings is 2. The van der Waals surface area contributed by atoms with Gasteiger partial charge in [-0.1, -0.05) is 12.1 Å². The van der Waals surface area contributed by atoms with Gasteiger partial charge >= 0.3 is 0 Å². The van der Waals surface area contributed by atoms with Crippen molar-refractivity contribution in [1.82, 2.24) is 10.4 Å². The van der Waals surface area contributed by atoms with E-state index in [1.54, 1.807) is 19.1 Å². The molecule has 3 aliphatic heterocycles. The summed E-state index contributed by atoms with van der Waals surface area (Å²) in [4.78, 5) is 1.63. The molecule has 0 bridgehead atoms. The summed E-state index contributed by atoms with van der Waals surface area (Å²) in [6.45, 7) is 5.61. The zero-order valence-electron chi connectivity index (χ0n) is 17.9. The second kappa shape index (κ2) is 7.52. The quantitative estimate of drug-likeness (QED) is 0.814. The second-order valence-corrected chi connectivity index (χ2v) is 8.27. The molecule has 0 unspecified atom stereocenters. The second-order valence-electron chi connectivity index (χ2n) is 8.27. The van der Waals surface area contributed by atoms with E-state index in [1.165, 1.54) is 0 Å². The Bertz CT molecular complexity index is 949. The first-order valence-electron chi connectivity index (χ1n) is 10.8. The van der Waals surface area contributed by atoms with Gasteiger partial charge in [-0.2, -0.15) is 5.01 Å². The van der Waals surface area contributed by atoms with Gasteiger partial charge in [-0.05, 0) is 48.9 Å². The number of nitrogens with one attached hydrogen (secondary N) is 2. The number of ether oxygens (including phenoxy) is 3. The van der Waals surface area contributed by atoms with Crippen LogP contribution >= 0.6 is 0 Å². The normalized spacial score (nSPS) is 27.5. The average molecular weight is 409 g/mol. The highest BCUT2D eigenvalue weighted by molar-refractivity contribution is 5.68. The molecule has 3 heterocycles. The predicted molar refractivity (Wildman–Crippen MR) is 116 cm³/mol. The zero-order chi connectivity index (χ0) is 20.7. The van der Waals surface area contributed by atoms with Gasteiger partial charge in [0.1, 0.15) is 5.75 Å². The van der Waals surface area contributed by atoms with Gasteiger partial charge in [0.25, 0.3) is 0 Å². The number of fused-ring (bicyclic) bond motifs is 4. The highest BCUT2D eigenvalue weighted by Gasteiger charge is 2.53. The lowest BCUT2D eigenvalue weighted by molar-refractivity contribution is -0.906. The molecule has 3 aliphatic rings. The van der Waals surface area contributed by atoms with E-state index in [1.807, 2.05) is 24.3 Å². The number of para-hydroxylation sites is 1. The Kier molecular flexibility index (Phi) is 4.83. The summed E-state index contributed by atoms with van der Waals surface area (Å²) < 4.78 is 17.8. The Morgan fingerprint density at radius 1 is 1.10 bits per heavy atom. The molecule has 0 radical (unpaired) electrons. The maximum absolute atomic E-state index is 6.78. The maximum Gasteiger partial charge on any atom is 0.191 e. The molecule has 0 saturated carbocycles. The Morgan fingerprint density at radius 2 is 1.87 bits per heavy atom. The van der Waals surface area contributed by atoms with Gasteiger partial charge in [0, 0.05) is 5.56 Å². The van der Waals surface area contributed by atoms with E-state index < -0.39 is 0 Å². The minimum atomic E-state index is -0.379. The number of hydrazine groups is 1. The standard InChI is InChI=1S/C24H29N3O3/c1-4-26-14-12-24(13-15-26)27-21(19-6-5-7-22(29-3)23(19)30-24)16-20(25-27)17-8-10-18(28-2)11-9-17/h5-11,16,21,25H,4,12-15H2,1-3H3/p+1/t21-/m0/s1. The molecule has 30 heavy (non-hydrogen) atoms. The number of piperidine rings is 1. The lowest BCUT2D eigenvalue weighted by Gasteiger charge is -2.50. The van der Waals surface area contributed by atoms with E-state index in [4.69, 9.17) is 14.2 Å². The molecule has 6 nitrogen and oxygen atoms in total. The topological polar surface area (TPSA) is 47.4 Å². The fourth-order valence-corrected chi connectivity index (χ4v) is 4.95. The number of hydrogen-bond donors (Lipinski definition) is 2. The third kappa shape index (κ3) is 3.02. The van der Waals surface area contributed by atoms with Gasteiger partial charge in [-0.3, -0.25) is 0 Å². The Labute approximate surface area is 178 Å². The lowest BCUT2D eigenvalue weighted by Crippen LogP contribution is -3.13. The molecule has 5 rings (SSSR count). The maximum atomic E-state index is 6.78. The fourth-order valence-electron chi connectivity index (χ4n) is 4.95. The smallest absolute Gasteiger partial charge is 0.191 e. The first-order chi connectivity index (χ1) is 14.7. The zero-order valence-corrected chi connectivity index (χ0v) is 17.9. The van der Waals surface area contributed by atoms with Gasteiger partial charge in [0.15, 0.2) is 17.2 Å². The van der Waals surface area contributed by atoms with Gasteiger partial charge in [0.05, 0.1) is 58.4 Å². The van der Waals surface area contributed by atoms with Crippen LogP contribution in [-0.2, 0) is 0 Å². The number of likely N-dealkylation sites (tertiary alicyclic amines) is 1. The summed E-state index contributed by atoms with van der Waals surface area (Å²) in [6.07, 6.45) is 4.26. The number of methoxy groups -OCH3 is 2. The van der Waals surface area contributed by atoms with E-state index in [0.717, 1.165) is 66.5 Å². The molecule has 1 saturated heterocycles. The first kappa shape index (κ1) is 19.3. The summed E-state index contributed by atoms with van der Waals surface area (Å²) in [5, 5.41) is 2.33. The van der Waals surface area contributed by atoms with Crippen LogP contribution in [0.2, 0.25) is 0 Å². The van der Waals surface area contributed by atoms with E-state index in [-0.39, 0.29) is 11.8 Å². The molecule has 0 amide bonds. The van der Waals surface area contributed by atoms with Crippen LogP contribution in [0.3, 0.4) is 0 Å². The summed E-state index contributed by atoms with van der Waals surface area (Å²) in [7, 11) is 3.41. The molecule has 6 heteroatoms. The molecule has 0 aliphatic carbocycles. The summed E-state index contributed by atoms with van der Waals surface area (Å²) in [6, 6.07) is 14.5. The molecule has 2 N–H and O–H groups in total. The van der Waals surface area contributed by atoms with Crippen LogP contribution < -0.4 is 24.5 Å². The van der Waals surface area contributed by atoms with Crippen LogP contribution in [0.4, 0.5) is 0 Å². The van der Waals surface area contributed by atoms with E-state index >= 15 is 0 Å². The predicted octanol–water partition coefficient (Wildman–Crippen LogP) is 2.39. The minimum absolute atomic E-state index is 0.101. The molecule has 1 fully saturated rings. The minimum Gasteiger partial charge on any atom is -0.497 e. The van der Waals surface area contributed by atoms with Crippen molar-refractivity contribution in [1.29, 1.82) is 0 Å². The Hall–Kier alpha value is -2.70. The van der Waals surface area contributed by atoms with Crippen molar-refractivity contribution in [3.8, 4) is 17.2 Å². The van der Waals surface area contributed by atoms with Gasteiger partial charge in [-0.25, -0.2) is 0 Å². The number of hydrogen-bond acceptors (Lipinski definition) is 5. The first-order valence-corrected chi connectivity index (χ1v) is 10.8. The highest BCUT2D eigenvalue weighted by Crippen LogP contribution is 2.50. The SMILES string of the molecule is CC[NH+]1CCC2(CC1)Oc1c(OC)cccc1[C@@H]1C=C(c3ccc(OC)cc3)NN12. The van der Waals surface area contributed by atoms with E-state index in [2.05, 4.69) is 41.6 Å². The van der Waals surface area contributed by atoms with Crippen LogP contribution in [0.1, 0.15) is 36.9 Å². The highest BCUT2D eigenvalue weighted by atomic mass is 16.5. The lowest BCUT2D eigenvalue weighted by atomic mass is 9.92. The molecule has 2 aromatic rings. The van der Waals surface area contributed by atoms with Crippen LogP contribution in [0, 0.1) is 0 Å². The van der Waals surface area contributed by atoms with E-state index in [0.29, 0.717) is 0 Å². The third-order valence-corrected chi connectivity index (χ3v) is 6.76.